The Hall–Kier alpha value is -3.86. The van der Waals surface area contributed by atoms with Gasteiger partial charge in [-0.3, -0.25) is 14.9 Å². The van der Waals surface area contributed by atoms with Gasteiger partial charge >= 0.3 is 0 Å². The molecule has 138 valence electrons. The Bertz CT molecular complexity index is 931. The molecule has 2 rings (SSSR count). The molecule has 0 saturated carbocycles. The Morgan fingerprint density at radius 3 is 2.70 bits per heavy atom. The number of carbonyl (C=O) groups is 1. The number of methoxy groups -OCH3 is 1. The van der Waals surface area contributed by atoms with E-state index in [2.05, 4.69) is 5.32 Å². The third-order valence-corrected chi connectivity index (χ3v) is 3.48. The van der Waals surface area contributed by atoms with Crippen LogP contribution in [0.4, 0.5) is 11.4 Å². The van der Waals surface area contributed by atoms with E-state index in [1.165, 1.54) is 37.5 Å². The predicted octanol–water partition coefficient (Wildman–Crippen LogP) is 3.55. The number of amides is 1. The van der Waals surface area contributed by atoms with Crippen molar-refractivity contribution in [2.75, 3.05) is 19.0 Å². The maximum absolute atomic E-state index is 12.3. The number of benzene rings is 2. The van der Waals surface area contributed by atoms with Gasteiger partial charge in [0, 0.05) is 17.8 Å². The minimum absolute atomic E-state index is 0.160. The fourth-order valence-electron chi connectivity index (χ4n) is 2.26. The van der Waals surface area contributed by atoms with Crippen LogP contribution in [-0.2, 0) is 4.79 Å². The zero-order valence-corrected chi connectivity index (χ0v) is 14.8. The van der Waals surface area contributed by atoms with Crippen molar-refractivity contribution in [2.45, 2.75) is 6.92 Å². The molecule has 8 nitrogen and oxygen atoms in total. The number of ether oxygens (including phenoxy) is 2. The lowest BCUT2D eigenvalue weighted by Crippen LogP contribution is -2.13. The van der Waals surface area contributed by atoms with E-state index in [9.17, 15) is 20.2 Å². The average Bonchev–Trinajstić information content (AvgIpc) is 2.67. The molecule has 0 aliphatic heterocycles. The van der Waals surface area contributed by atoms with Gasteiger partial charge < -0.3 is 14.8 Å². The van der Waals surface area contributed by atoms with Crippen LogP contribution in [0.25, 0.3) is 6.08 Å². The van der Waals surface area contributed by atoms with Crippen LogP contribution < -0.4 is 14.8 Å². The smallest absolute Gasteiger partial charge is 0.271 e. The van der Waals surface area contributed by atoms with E-state index in [1.54, 1.807) is 18.2 Å². The molecule has 1 amide bonds. The van der Waals surface area contributed by atoms with Crippen molar-refractivity contribution in [1.82, 2.24) is 0 Å². The number of hydrogen-bond donors (Lipinski definition) is 1. The fourth-order valence-corrected chi connectivity index (χ4v) is 2.26. The number of carbonyl (C=O) groups excluding carboxylic acids is 1. The zero-order chi connectivity index (χ0) is 19.8. The number of non-ortho nitro benzene ring substituents is 1. The van der Waals surface area contributed by atoms with Gasteiger partial charge in [-0.2, -0.15) is 5.26 Å². The first-order valence-corrected chi connectivity index (χ1v) is 7.97. The van der Waals surface area contributed by atoms with E-state index in [1.807, 2.05) is 13.0 Å². The molecule has 0 aromatic heterocycles. The molecule has 0 unspecified atom stereocenters. The topological polar surface area (TPSA) is 114 Å². The predicted molar refractivity (Wildman–Crippen MR) is 99.5 cm³/mol. The summed E-state index contributed by atoms with van der Waals surface area (Å²) in [5, 5.41) is 22.6. The molecule has 27 heavy (non-hydrogen) atoms. The van der Waals surface area contributed by atoms with E-state index < -0.39 is 10.8 Å². The van der Waals surface area contributed by atoms with E-state index >= 15 is 0 Å². The summed E-state index contributed by atoms with van der Waals surface area (Å²) >= 11 is 0. The average molecular weight is 367 g/mol. The summed E-state index contributed by atoms with van der Waals surface area (Å²) in [4.78, 5) is 22.6. The van der Waals surface area contributed by atoms with Crippen LogP contribution in [0.15, 0.2) is 48.0 Å². The minimum Gasteiger partial charge on any atom is -0.493 e. The lowest BCUT2D eigenvalue weighted by atomic mass is 10.1. The van der Waals surface area contributed by atoms with Crippen LogP contribution in [0.3, 0.4) is 0 Å². The molecule has 1 N–H and O–H groups in total. The second-order valence-corrected chi connectivity index (χ2v) is 5.27. The summed E-state index contributed by atoms with van der Waals surface area (Å²) in [7, 11) is 1.49. The van der Waals surface area contributed by atoms with Gasteiger partial charge in [-0.25, -0.2) is 0 Å². The number of nitro groups is 1. The Morgan fingerprint density at radius 1 is 1.30 bits per heavy atom. The molecule has 2 aromatic rings. The Balaban J connectivity index is 2.25. The molecule has 0 atom stereocenters. The van der Waals surface area contributed by atoms with Crippen molar-refractivity contribution in [3.05, 3.63) is 63.7 Å². The second kappa shape index (κ2) is 9.01. The SMILES string of the molecule is CCOc1ccc(/C=C(\C#N)C(=O)Nc2cccc([N+](=O)[O-])c2)cc1OC. The Morgan fingerprint density at radius 2 is 2.07 bits per heavy atom. The highest BCUT2D eigenvalue weighted by Crippen LogP contribution is 2.29. The van der Waals surface area contributed by atoms with E-state index in [-0.39, 0.29) is 16.9 Å². The largest absolute Gasteiger partial charge is 0.493 e. The molecule has 0 fully saturated rings. The molecule has 0 saturated heterocycles. The molecule has 8 heteroatoms. The van der Waals surface area contributed by atoms with E-state index in [0.29, 0.717) is 23.7 Å². The number of nitriles is 1. The highest BCUT2D eigenvalue weighted by atomic mass is 16.6. The molecular formula is C19H17N3O5. The van der Waals surface area contributed by atoms with Crippen molar-refractivity contribution in [1.29, 1.82) is 5.26 Å². The summed E-state index contributed by atoms with van der Waals surface area (Å²) < 4.78 is 10.7. The first-order chi connectivity index (χ1) is 13.0. The maximum Gasteiger partial charge on any atom is 0.271 e. The first-order valence-electron chi connectivity index (χ1n) is 7.97. The zero-order valence-electron chi connectivity index (χ0n) is 14.8. The summed E-state index contributed by atoms with van der Waals surface area (Å²) in [6.45, 7) is 2.32. The van der Waals surface area contributed by atoms with Crippen molar-refractivity contribution < 1.29 is 19.2 Å². The van der Waals surface area contributed by atoms with Gasteiger partial charge in [0.15, 0.2) is 11.5 Å². The van der Waals surface area contributed by atoms with Crippen molar-refractivity contribution in [3.8, 4) is 17.6 Å². The standard InChI is InChI=1S/C19H17N3O5/c1-3-27-17-8-7-13(10-18(17)26-2)9-14(12-20)19(23)21-15-5-4-6-16(11-15)22(24)25/h4-11H,3H2,1-2H3,(H,21,23)/b14-9+. The quantitative estimate of drug-likeness (QED) is 0.346. The molecule has 0 aliphatic carbocycles. The van der Waals surface area contributed by atoms with Crippen LogP contribution in [-0.4, -0.2) is 24.5 Å². The highest BCUT2D eigenvalue weighted by molar-refractivity contribution is 6.09. The van der Waals surface area contributed by atoms with Gasteiger partial charge in [0.25, 0.3) is 11.6 Å². The Labute approximate surface area is 155 Å². The molecule has 0 bridgehead atoms. The molecule has 2 aromatic carbocycles. The molecule has 0 radical (unpaired) electrons. The van der Waals surface area contributed by atoms with Gasteiger partial charge in [0.05, 0.1) is 18.6 Å². The third-order valence-electron chi connectivity index (χ3n) is 3.48. The Kier molecular flexibility index (Phi) is 6.49. The van der Waals surface area contributed by atoms with Crippen LogP contribution in [0.2, 0.25) is 0 Å². The van der Waals surface area contributed by atoms with Crippen molar-refractivity contribution in [3.63, 3.8) is 0 Å². The summed E-state index contributed by atoms with van der Waals surface area (Å²) in [6.07, 6.45) is 1.39. The minimum atomic E-state index is -0.675. The van der Waals surface area contributed by atoms with Gasteiger partial charge in [-0.1, -0.05) is 12.1 Å². The van der Waals surface area contributed by atoms with Crippen LogP contribution in [0.1, 0.15) is 12.5 Å². The van der Waals surface area contributed by atoms with Crippen molar-refractivity contribution in [2.24, 2.45) is 0 Å². The fraction of sp³-hybridized carbons (Fsp3) is 0.158. The lowest BCUT2D eigenvalue weighted by molar-refractivity contribution is -0.384. The van der Waals surface area contributed by atoms with E-state index in [4.69, 9.17) is 9.47 Å². The third kappa shape index (κ3) is 5.06. The van der Waals surface area contributed by atoms with Crippen LogP contribution in [0, 0.1) is 21.4 Å². The summed E-state index contributed by atoms with van der Waals surface area (Å²) in [6, 6.07) is 12.3. The molecule has 0 spiro atoms. The van der Waals surface area contributed by atoms with E-state index in [0.717, 1.165) is 0 Å². The number of nitrogens with zero attached hydrogens (tertiary/aromatic N) is 2. The highest BCUT2D eigenvalue weighted by Gasteiger charge is 2.13. The van der Waals surface area contributed by atoms with Gasteiger partial charge in [0.2, 0.25) is 0 Å². The van der Waals surface area contributed by atoms with Crippen LogP contribution in [0.5, 0.6) is 11.5 Å². The van der Waals surface area contributed by atoms with Crippen LogP contribution >= 0.6 is 0 Å². The summed E-state index contributed by atoms with van der Waals surface area (Å²) in [5.74, 6) is 0.351. The monoisotopic (exact) mass is 367 g/mol. The van der Waals surface area contributed by atoms with Crippen molar-refractivity contribution >= 4 is 23.4 Å². The number of nitrogens with one attached hydrogen (secondary N) is 1. The van der Waals surface area contributed by atoms with Gasteiger partial charge in [0.1, 0.15) is 11.6 Å². The number of hydrogen-bond acceptors (Lipinski definition) is 6. The van der Waals surface area contributed by atoms with Gasteiger partial charge in [-0.05, 0) is 36.8 Å². The molecular weight excluding hydrogens is 350 g/mol. The molecule has 0 aliphatic rings. The number of nitro benzene ring substituents is 1. The van der Waals surface area contributed by atoms with Gasteiger partial charge in [-0.15, -0.1) is 0 Å². The number of anilines is 1. The number of rotatable bonds is 7. The summed E-state index contributed by atoms with van der Waals surface area (Å²) in [5.41, 5.74) is 0.472. The first kappa shape index (κ1) is 19.5. The lowest BCUT2D eigenvalue weighted by Gasteiger charge is -2.10. The second-order valence-electron chi connectivity index (χ2n) is 5.27. The normalized spacial score (nSPS) is 10.6. The molecule has 0 heterocycles. The maximum atomic E-state index is 12.3.